The summed E-state index contributed by atoms with van der Waals surface area (Å²) in [6.07, 6.45) is 1.72. The molecule has 1 saturated heterocycles. The summed E-state index contributed by atoms with van der Waals surface area (Å²) >= 11 is 5.95. The van der Waals surface area contributed by atoms with Crippen LogP contribution in [0.15, 0.2) is 6.33 Å². The number of hydrogen-bond acceptors (Lipinski definition) is 3. The number of nitrogens with zero attached hydrogens (tertiary/aromatic N) is 2. The summed E-state index contributed by atoms with van der Waals surface area (Å²) in [5, 5.41) is 3.89. The first-order chi connectivity index (χ1) is 6.29. The third-order valence-corrected chi connectivity index (χ3v) is 2.48. The third-order valence-electron chi connectivity index (χ3n) is 2.19. The normalized spacial score (nSPS) is 23.4. The van der Waals surface area contributed by atoms with E-state index in [0.29, 0.717) is 11.8 Å². The zero-order chi connectivity index (χ0) is 9.26. The molecule has 2 heterocycles. The first kappa shape index (κ1) is 8.99. The predicted octanol–water partition coefficient (Wildman–Crippen LogP) is 0.734. The number of nitrogens with one attached hydrogen (secondary N) is 1. The lowest BCUT2D eigenvalue weighted by atomic mass is 10.2. The van der Waals surface area contributed by atoms with Crippen LogP contribution in [0.4, 0.5) is 0 Å². The van der Waals surface area contributed by atoms with E-state index < -0.39 is 0 Å². The highest BCUT2D eigenvalue weighted by Gasteiger charge is 2.21. The van der Waals surface area contributed by atoms with Crippen molar-refractivity contribution in [2.75, 3.05) is 19.8 Å². The molecule has 1 unspecified atom stereocenters. The van der Waals surface area contributed by atoms with Crippen molar-refractivity contribution in [3.8, 4) is 0 Å². The Hall–Kier alpha value is -0.580. The summed E-state index contributed by atoms with van der Waals surface area (Å²) in [6.45, 7) is 2.30. The zero-order valence-corrected chi connectivity index (χ0v) is 8.21. The fraction of sp³-hybridized carbons (Fsp3) is 0.625. The van der Waals surface area contributed by atoms with Crippen LogP contribution >= 0.6 is 11.6 Å². The number of rotatable bonds is 1. The molecule has 1 aliphatic rings. The van der Waals surface area contributed by atoms with Gasteiger partial charge in [-0.1, -0.05) is 11.6 Å². The van der Waals surface area contributed by atoms with E-state index in [0.717, 1.165) is 18.8 Å². The van der Waals surface area contributed by atoms with Crippen molar-refractivity contribution in [1.29, 1.82) is 0 Å². The first-order valence-electron chi connectivity index (χ1n) is 4.27. The number of morpholine rings is 1. The quantitative estimate of drug-likeness (QED) is 0.729. The minimum Gasteiger partial charge on any atom is -0.378 e. The number of aryl methyl sites for hydroxylation is 1. The maximum absolute atomic E-state index is 5.95. The molecule has 0 radical (unpaired) electrons. The van der Waals surface area contributed by atoms with Gasteiger partial charge in [0.1, 0.15) is 0 Å². The summed E-state index contributed by atoms with van der Waals surface area (Å²) in [7, 11) is 1.94. The van der Waals surface area contributed by atoms with Crippen LogP contribution in [0.5, 0.6) is 0 Å². The lowest BCUT2D eigenvalue weighted by molar-refractivity contribution is 0.0748. The van der Waals surface area contributed by atoms with Gasteiger partial charge in [-0.2, -0.15) is 0 Å². The van der Waals surface area contributed by atoms with Crippen molar-refractivity contribution in [3.05, 3.63) is 17.2 Å². The van der Waals surface area contributed by atoms with Crippen molar-refractivity contribution in [2.45, 2.75) is 6.04 Å². The van der Waals surface area contributed by atoms with Crippen LogP contribution in [-0.2, 0) is 11.8 Å². The van der Waals surface area contributed by atoms with E-state index >= 15 is 0 Å². The monoisotopic (exact) mass is 201 g/mol. The molecule has 0 spiro atoms. The van der Waals surface area contributed by atoms with Gasteiger partial charge in [0.05, 0.1) is 31.3 Å². The highest BCUT2D eigenvalue weighted by molar-refractivity contribution is 6.30. The van der Waals surface area contributed by atoms with Gasteiger partial charge in [0.2, 0.25) is 0 Å². The summed E-state index contributed by atoms with van der Waals surface area (Å²) in [4.78, 5) is 4.02. The van der Waals surface area contributed by atoms with E-state index in [-0.39, 0.29) is 6.04 Å². The van der Waals surface area contributed by atoms with Crippen molar-refractivity contribution >= 4 is 11.6 Å². The van der Waals surface area contributed by atoms with Crippen molar-refractivity contribution in [2.24, 2.45) is 7.05 Å². The van der Waals surface area contributed by atoms with Crippen LogP contribution < -0.4 is 5.32 Å². The van der Waals surface area contributed by atoms with Crippen molar-refractivity contribution in [3.63, 3.8) is 0 Å². The van der Waals surface area contributed by atoms with Gasteiger partial charge in [-0.3, -0.25) is 0 Å². The molecule has 0 bridgehead atoms. The standard InChI is InChI=1S/C8H12ClN3O/c1-12-5-11-8(9)7(12)6-4-13-3-2-10-6/h5-6,10H,2-4H2,1H3. The van der Waals surface area contributed by atoms with E-state index in [2.05, 4.69) is 10.3 Å². The molecule has 0 aliphatic carbocycles. The van der Waals surface area contributed by atoms with E-state index in [1.54, 1.807) is 6.33 Å². The maximum atomic E-state index is 5.95. The SMILES string of the molecule is Cn1cnc(Cl)c1C1COCCN1. The van der Waals surface area contributed by atoms with Gasteiger partial charge < -0.3 is 14.6 Å². The number of ether oxygens (including phenoxy) is 1. The van der Waals surface area contributed by atoms with Gasteiger partial charge in [0.25, 0.3) is 0 Å². The Kier molecular flexibility index (Phi) is 2.53. The summed E-state index contributed by atoms with van der Waals surface area (Å²) in [5.74, 6) is 0. The van der Waals surface area contributed by atoms with Gasteiger partial charge >= 0.3 is 0 Å². The first-order valence-corrected chi connectivity index (χ1v) is 4.64. The second-order valence-corrected chi connectivity index (χ2v) is 3.47. The largest absolute Gasteiger partial charge is 0.378 e. The fourth-order valence-corrected chi connectivity index (χ4v) is 1.85. The third kappa shape index (κ3) is 1.70. The van der Waals surface area contributed by atoms with Crippen molar-refractivity contribution < 1.29 is 4.74 Å². The van der Waals surface area contributed by atoms with E-state index in [1.807, 2.05) is 11.6 Å². The lowest BCUT2D eigenvalue weighted by Crippen LogP contribution is -2.35. The fourth-order valence-electron chi connectivity index (χ4n) is 1.54. The van der Waals surface area contributed by atoms with Crippen LogP contribution in [0, 0.1) is 0 Å². The molecule has 1 aliphatic heterocycles. The molecule has 72 valence electrons. The van der Waals surface area contributed by atoms with Crippen LogP contribution in [-0.4, -0.2) is 29.3 Å². The summed E-state index contributed by atoms with van der Waals surface area (Å²) in [6, 6.07) is 0.175. The highest BCUT2D eigenvalue weighted by Crippen LogP contribution is 2.22. The smallest absolute Gasteiger partial charge is 0.151 e. The Balaban J connectivity index is 2.22. The topological polar surface area (TPSA) is 39.1 Å². The molecular formula is C8H12ClN3O. The van der Waals surface area contributed by atoms with Crippen LogP contribution in [0.25, 0.3) is 0 Å². The van der Waals surface area contributed by atoms with Crippen LogP contribution in [0.3, 0.4) is 0 Å². The highest BCUT2D eigenvalue weighted by atomic mass is 35.5. The Morgan fingerprint density at radius 3 is 3.15 bits per heavy atom. The number of halogens is 1. The van der Waals surface area contributed by atoms with E-state index in [1.165, 1.54) is 0 Å². The Bertz CT molecular complexity index is 274. The van der Waals surface area contributed by atoms with Gasteiger partial charge in [-0.05, 0) is 0 Å². The molecular weight excluding hydrogens is 190 g/mol. The van der Waals surface area contributed by atoms with Gasteiger partial charge in [0, 0.05) is 13.6 Å². The molecule has 0 aromatic carbocycles. The molecule has 1 N–H and O–H groups in total. The minimum atomic E-state index is 0.175. The Morgan fingerprint density at radius 2 is 2.62 bits per heavy atom. The molecule has 0 amide bonds. The molecule has 4 nitrogen and oxygen atoms in total. The molecule has 1 aromatic rings. The summed E-state index contributed by atoms with van der Waals surface area (Å²) < 4.78 is 7.28. The van der Waals surface area contributed by atoms with Crippen LogP contribution in [0.2, 0.25) is 5.15 Å². The maximum Gasteiger partial charge on any atom is 0.151 e. The lowest BCUT2D eigenvalue weighted by Gasteiger charge is -2.24. The zero-order valence-electron chi connectivity index (χ0n) is 7.46. The van der Waals surface area contributed by atoms with E-state index in [9.17, 15) is 0 Å². The second-order valence-electron chi connectivity index (χ2n) is 3.11. The van der Waals surface area contributed by atoms with Crippen LogP contribution in [0.1, 0.15) is 11.7 Å². The molecule has 1 aromatic heterocycles. The number of hydrogen-bond donors (Lipinski definition) is 1. The summed E-state index contributed by atoms with van der Waals surface area (Å²) in [5.41, 5.74) is 1.00. The molecule has 1 fully saturated rings. The van der Waals surface area contributed by atoms with Crippen molar-refractivity contribution in [1.82, 2.24) is 14.9 Å². The average Bonchev–Trinajstić information content (AvgIpc) is 2.48. The minimum absolute atomic E-state index is 0.175. The average molecular weight is 202 g/mol. The molecule has 2 rings (SSSR count). The van der Waals surface area contributed by atoms with Gasteiger partial charge in [-0.15, -0.1) is 0 Å². The molecule has 1 atom stereocenters. The van der Waals surface area contributed by atoms with Gasteiger partial charge in [0.15, 0.2) is 5.15 Å². The predicted molar refractivity (Wildman–Crippen MR) is 49.8 cm³/mol. The number of imidazole rings is 1. The Labute approximate surface area is 81.9 Å². The second kappa shape index (κ2) is 3.65. The Morgan fingerprint density at radius 1 is 1.77 bits per heavy atom. The number of aromatic nitrogens is 2. The molecule has 13 heavy (non-hydrogen) atoms. The van der Waals surface area contributed by atoms with Gasteiger partial charge in [-0.25, -0.2) is 4.98 Å². The molecule has 5 heteroatoms. The van der Waals surface area contributed by atoms with E-state index in [4.69, 9.17) is 16.3 Å². The molecule has 0 saturated carbocycles.